The Kier molecular flexibility index (Phi) is 4.83. The molecule has 0 saturated carbocycles. The zero-order chi connectivity index (χ0) is 40.0. The molecule has 10 aromatic rings. The Morgan fingerprint density at radius 2 is 1.02 bits per heavy atom. The fourth-order valence-electron chi connectivity index (χ4n) is 6.48. The van der Waals surface area contributed by atoms with Crippen LogP contribution in [0.15, 0.2) is 174 Å². The van der Waals surface area contributed by atoms with Gasteiger partial charge in [0.2, 0.25) is 0 Å². The van der Waals surface area contributed by atoms with E-state index >= 15 is 0 Å². The second-order valence-corrected chi connectivity index (χ2v) is 11.8. The van der Waals surface area contributed by atoms with Crippen LogP contribution in [0.4, 0.5) is 0 Å². The molecular formula is C45H28N4O. The van der Waals surface area contributed by atoms with Gasteiger partial charge in [0.1, 0.15) is 11.2 Å². The minimum atomic E-state index is -0.553. The van der Waals surface area contributed by atoms with E-state index in [-0.39, 0.29) is 51.9 Å². The number of hydrogen-bond donors (Lipinski definition) is 0. The van der Waals surface area contributed by atoms with Gasteiger partial charge in [0.25, 0.3) is 0 Å². The molecule has 0 fully saturated rings. The summed E-state index contributed by atoms with van der Waals surface area (Å²) in [4.78, 5) is 14.2. The van der Waals surface area contributed by atoms with Crippen molar-refractivity contribution in [3.8, 4) is 51.0 Å². The van der Waals surface area contributed by atoms with Crippen molar-refractivity contribution in [1.29, 1.82) is 0 Å². The third-order valence-corrected chi connectivity index (χ3v) is 8.82. The molecule has 0 aliphatic heterocycles. The van der Waals surface area contributed by atoms with Gasteiger partial charge in [-0.1, -0.05) is 127 Å². The van der Waals surface area contributed by atoms with Crippen LogP contribution in [0.1, 0.15) is 11.0 Å². The van der Waals surface area contributed by atoms with Crippen LogP contribution in [0.5, 0.6) is 0 Å². The van der Waals surface area contributed by atoms with E-state index in [2.05, 4.69) is 4.98 Å². The number of fused-ring (bicyclic) bond motifs is 6. The van der Waals surface area contributed by atoms with Gasteiger partial charge in [-0.15, -0.1) is 0 Å². The first kappa shape index (κ1) is 21.2. The highest BCUT2D eigenvalue weighted by Crippen LogP contribution is 2.35. The average Bonchev–Trinajstić information content (AvgIpc) is 3.79. The largest absolute Gasteiger partial charge is 0.456 e. The molecule has 0 amide bonds. The van der Waals surface area contributed by atoms with Crippen LogP contribution in [-0.4, -0.2) is 19.5 Å². The van der Waals surface area contributed by atoms with Gasteiger partial charge in [0.15, 0.2) is 17.5 Å². The molecule has 5 nitrogen and oxygen atoms in total. The Labute approximate surface area is 299 Å². The first-order chi connectivity index (χ1) is 28.1. The molecule has 0 N–H and O–H groups in total. The third kappa shape index (κ3) is 4.67. The molecule has 0 radical (unpaired) electrons. The SMILES string of the molecule is [2H]c1c([2H])c(-c2c([2H])c([2H])c(-c3nc(-c4ccccc4)nc(-c4ccc5c(c4)oc4ccccc45)n3)c([2H])c2[2H])c([2H])c(-n2c3ccccc3c3ccccc32)c1[2H]. The molecule has 7 aromatic carbocycles. The third-order valence-electron chi connectivity index (χ3n) is 8.82. The van der Waals surface area contributed by atoms with Gasteiger partial charge in [-0.05, 0) is 53.5 Å². The fraction of sp³-hybridized carbons (Fsp3) is 0. The minimum absolute atomic E-state index is 0.00892. The number of benzene rings is 7. The van der Waals surface area contributed by atoms with E-state index in [1.807, 2.05) is 121 Å². The van der Waals surface area contributed by atoms with E-state index in [1.165, 1.54) is 0 Å². The Bertz CT molecular complexity index is 3260. The summed E-state index contributed by atoms with van der Waals surface area (Å²) in [5, 5.41) is 3.58. The maximum Gasteiger partial charge on any atom is 0.164 e. The van der Waals surface area contributed by atoms with Crippen LogP contribution in [0.3, 0.4) is 0 Å². The number of nitrogens with zero attached hydrogens (tertiary/aromatic N) is 4. The fourth-order valence-corrected chi connectivity index (χ4v) is 6.48. The van der Waals surface area contributed by atoms with Crippen LogP contribution >= 0.6 is 0 Å². The maximum atomic E-state index is 9.51. The number of rotatable bonds is 5. The number of hydrogen-bond acceptors (Lipinski definition) is 4. The van der Waals surface area contributed by atoms with Gasteiger partial charge < -0.3 is 8.98 Å². The lowest BCUT2D eigenvalue weighted by atomic mass is 10.0. The molecule has 3 heterocycles. The van der Waals surface area contributed by atoms with E-state index in [1.54, 1.807) is 4.57 Å². The first-order valence-corrected chi connectivity index (χ1v) is 16.1. The van der Waals surface area contributed by atoms with Crippen molar-refractivity contribution in [2.24, 2.45) is 0 Å². The predicted octanol–water partition coefficient (Wildman–Crippen LogP) is 11.5. The summed E-state index contributed by atoms with van der Waals surface area (Å²) in [6, 6.07) is 33.5. The summed E-state index contributed by atoms with van der Waals surface area (Å²) in [5.74, 6) is 0.353. The van der Waals surface area contributed by atoms with Crippen molar-refractivity contribution < 1.29 is 15.4 Å². The zero-order valence-corrected chi connectivity index (χ0v) is 26.2. The van der Waals surface area contributed by atoms with Crippen molar-refractivity contribution >= 4 is 43.7 Å². The van der Waals surface area contributed by atoms with E-state index in [0.717, 1.165) is 27.1 Å². The molecule has 0 atom stereocenters. The lowest BCUT2D eigenvalue weighted by molar-refractivity contribution is 0.669. The second kappa shape index (κ2) is 11.4. The van der Waals surface area contributed by atoms with Crippen LogP contribution in [0.25, 0.3) is 94.7 Å². The van der Waals surface area contributed by atoms with Gasteiger partial charge in [0, 0.05) is 43.9 Å². The highest BCUT2D eigenvalue weighted by atomic mass is 16.3. The Hall–Kier alpha value is -6.85. The summed E-state index contributed by atoms with van der Waals surface area (Å²) in [6.45, 7) is 0. The molecule has 3 aromatic heterocycles. The monoisotopic (exact) mass is 648 g/mol. The summed E-state index contributed by atoms with van der Waals surface area (Å²) in [6.07, 6.45) is 0. The van der Waals surface area contributed by atoms with E-state index in [4.69, 9.17) is 18.5 Å². The van der Waals surface area contributed by atoms with Crippen LogP contribution in [-0.2, 0) is 0 Å². The average molecular weight is 649 g/mol. The zero-order valence-electron chi connectivity index (χ0n) is 34.2. The van der Waals surface area contributed by atoms with E-state index in [9.17, 15) is 6.85 Å². The van der Waals surface area contributed by atoms with Crippen LogP contribution in [0.2, 0.25) is 0 Å². The summed E-state index contributed by atoms with van der Waals surface area (Å²) in [7, 11) is 0. The van der Waals surface area contributed by atoms with Gasteiger partial charge >= 0.3 is 0 Å². The smallest absolute Gasteiger partial charge is 0.164 e. The molecular weight excluding hydrogens is 613 g/mol. The molecule has 0 bridgehead atoms. The Balaban J connectivity index is 1.19. The minimum Gasteiger partial charge on any atom is -0.456 e. The molecule has 0 unspecified atom stereocenters. The standard InChI is InChI=1S/C45H28N4O/c1-2-11-30(12-3-1)43-46-44(48-45(47-43)33-25-26-38-37-17-6-9-20-41(37)50-42(38)28-33)31-23-21-29(22-24-31)32-13-10-14-34(27-32)49-39-18-7-4-15-35(39)36-16-5-8-19-40(36)49/h1-28H/i10D,13D,14D,21D,22D,23D,24D,27D. The van der Waals surface area contributed by atoms with Crippen molar-refractivity contribution in [2.75, 3.05) is 0 Å². The van der Waals surface area contributed by atoms with Crippen LogP contribution in [0, 0.1) is 0 Å². The lowest BCUT2D eigenvalue weighted by Gasteiger charge is -2.11. The molecule has 10 rings (SSSR count). The van der Waals surface area contributed by atoms with E-state index in [0.29, 0.717) is 27.7 Å². The van der Waals surface area contributed by atoms with Gasteiger partial charge in [0.05, 0.1) is 22.0 Å². The normalized spacial score (nSPS) is 13.8. The van der Waals surface area contributed by atoms with Crippen molar-refractivity contribution in [3.63, 3.8) is 0 Å². The predicted molar refractivity (Wildman–Crippen MR) is 203 cm³/mol. The number of para-hydroxylation sites is 3. The molecule has 50 heavy (non-hydrogen) atoms. The first-order valence-electron chi connectivity index (χ1n) is 20.1. The highest BCUT2D eigenvalue weighted by molar-refractivity contribution is 6.09. The highest BCUT2D eigenvalue weighted by Gasteiger charge is 2.16. The van der Waals surface area contributed by atoms with Crippen LogP contribution < -0.4 is 0 Å². The summed E-state index contributed by atoms with van der Waals surface area (Å²) >= 11 is 0. The van der Waals surface area contributed by atoms with Crippen molar-refractivity contribution in [2.45, 2.75) is 0 Å². The van der Waals surface area contributed by atoms with Gasteiger partial charge in [-0.3, -0.25) is 0 Å². The Morgan fingerprint density at radius 3 is 1.76 bits per heavy atom. The number of furan rings is 1. The number of aromatic nitrogens is 4. The molecule has 234 valence electrons. The van der Waals surface area contributed by atoms with Crippen molar-refractivity contribution in [1.82, 2.24) is 19.5 Å². The molecule has 0 saturated heterocycles. The van der Waals surface area contributed by atoms with E-state index < -0.39 is 36.3 Å². The molecule has 0 aliphatic carbocycles. The van der Waals surface area contributed by atoms with Gasteiger partial charge in [-0.2, -0.15) is 0 Å². The quantitative estimate of drug-likeness (QED) is 0.186. The lowest BCUT2D eigenvalue weighted by Crippen LogP contribution is -2.00. The topological polar surface area (TPSA) is 56.7 Å². The van der Waals surface area contributed by atoms with Gasteiger partial charge in [-0.25, -0.2) is 15.0 Å². The Morgan fingerprint density at radius 1 is 0.440 bits per heavy atom. The summed E-state index contributed by atoms with van der Waals surface area (Å²) < 4.78 is 81.5. The molecule has 0 aliphatic rings. The maximum absolute atomic E-state index is 9.51. The molecule has 0 spiro atoms. The molecule has 5 heteroatoms. The second-order valence-electron chi connectivity index (χ2n) is 11.8. The summed E-state index contributed by atoms with van der Waals surface area (Å²) in [5.41, 5.74) is 3.05. The van der Waals surface area contributed by atoms with Crippen molar-refractivity contribution in [3.05, 3.63) is 170 Å².